The molecule has 0 radical (unpaired) electrons. The molecule has 0 saturated heterocycles. The van der Waals surface area contributed by atoms with Gasteiger partial charge in [0, 0.05) is 32.3 Å². The quantitative estimate of drug-likeness (QED) is 0.474. The van der Waals surface area contributed by atoms with Crippen molar-refractivity contribution in [2.75, 3.05) is 11.4 Å². The molecule has 1 atom stereocenters. The third-order valence-corrected chi connectivity index (χ3v) is 8.16. The van der Waals surface area contributed by atoms with Gasteiger partial charge in [0.05, 0.1) is 12.8 Å². The van der Waals surface area contributed by atoms with E-state index in [0.29, 0.717) is 4.31 Å². The summed E-state index contributed by atoms with van der Waals surface area (Å²) in [6.07, 6.45) is 0. The molecule has 1 heterocycles. The molecule has 0 saturated carbocycles. The molecular formula is C26H25Cl2N3O5S. The largest absolute Gasteiger partial charge is 0.495 e. The number of amides is 2. The Hall–Kier alpha value is -3.11. The monoisotopic (exact) mass is 561 g/mol. The molecule has 0 fully saturated rings. The maximum atomic E-state index is 14.0. The topological polar surface area (TPSA) is 119 Å². The van der Waals surface area contributed by atoms with Gasteiger partial charge in [0.2, 0.25) is 0 Å². The van der Waals surface area contributed by atoms with Gasteiger partial charge in [-0.25, -0.2) is 12.7 Å². The average Bonchev–Trinajstić information content (AvgIpc) is 3.05. The number of halogens is 2. The number of ether oxygens (including phenoxy) is 1. The fraction of sp³-hybridized carbons (Fsp3) is 0.231. The van der Waals surface area contributed by atoms with Crippen molar-refractivity contribution in [3.05, 3.63) is 87.4 Å². The average molecular weight is 562 g/mol. The van der Waals surface area contributed by atoms with Gasteiger partial charge in [0.15, 0.2) is 5.54 Å². The van der Waals surface area contributed by atoms with E-state index < -0.39 is 32.9 Å². The second-order valence-corrected chi connectivity index (χ2v) is 12.2. The smallest absolute Gasteiger partial charge is 0.274 e. The van der Waals surface area contributed by atoms with Crippen molar-refractivity contribution < 1.29 is 22.7 Å². The summed E-state index contributed by atoms with van der Waals surface area (Å²) < 4.78 is 34.0. The molecule has 3 aromatic carbocycles. The molecular weight excluding hydrogens is 537 g/mol. The number of hydrogen-bond donors (Lipinski definition) is 2. The molecule has 1 aliphatic rings. The van der Waals surface area contributed by atoms with Gasteiger partial charge in [-0.15, -0.1) is 0 Å². The summed E-state index contributed by atoms with van der Waals surface area (Å²) in [5.74, 6) is -1.46. The van der Waals surface area contributed by atoms with Crippen LogP contribution in [0.15, 0.2) is 65.6 Å². The number of carbonyl (C=O) groups is 2. The Labute approximate surface area is 225 Å². The SMILES string of the molecule is COc1cc(C(=O)NC(C)(C)C)ccc1S(=O)(=O)N1C(=O)C(N)(c2ccccc2Cl)c2cc(Cl)ccc21. The highest BCUT2D eigenvalue weighted by Crippen LogP contribution is 2.48. The molecule has 3 aromatic rings. The Kier molecular flexibility index (Phi) is 6.79. The number of nitrogens with one attached hydrogen (secondary N) is 1. The van der Waals surface area contributed by atoms with Crippen molar-refractivity contribution in [3.8, 4) is 5.75 Å². The van der Waals surface area contributed by atoms with Crippen molar-refractivity contribution in [2.24, 2.45) is 5.73 Å². The van der Waals surface area contributed by atoms with Gasteiger partial charge in [-0.3, -0.25) is 9.59 Å². The Morgan fingerprint density at radius 2 is 1.70 bits per heavy atom. The van der Waals surface area contributed by atoms with E-state index in [1.807, 2.05) is 20.8 Å². The van der Waals surface area contributed by atoms with E-state index in [1.165, 1.54) is 43.5 Å². The van der Waals surface area contributed by atoms with E-state index in [4.69, 9.17) is 33.7 Å². The van der Waals surface area contributed by atoms with Crippen LogP contribution in [0.1, 0.15) is 42.3 Å². The van der Waals surface area contributed by atoms with Crippen molar-refractivity contribution in [2.45, 2.75) is 36.7 Å². The van der Waals surface area contributed by atoms with Crippen LogP contribution in [-0.2, 0) is 20.4 Å². The van der Waals surface area contributed by atoms with Gasteiger partial charge in [-0.05, 0) is 63.2 Å². The lowest BCUT2D eigenvalue weighted by Gasteiger charge is -2.26. The van der Waals surface area contributed by atoms with Crippen molar-refractivity contribution in [1.82, 2.24) is 5.32 Å². The van der Waals surface area contributed by atoms with E-state index in [0.717, 1.165) is 0 Å². The molecule has 37 heavy (non-hydrogen) atoms. The first-order valence-electron chi connectivity index (χ1n) is 11.2. The summed E-state index contributed by atoms with van der Waals surface area (Å²) in [6, 6.07) is 14.6. The lowest BCUT2D eigenvalue weighted by molar-refractivity contribution is -0.120. The van der Waals surface area contributed by atoms with Crippen LogP contribution >= 0.6 is 23.2 Å². The van der Waals surface area contributed by atoms with Crippen LogP contribution in [-0.4, -0.2) is 32.9 Å². The molecule has 3 N–H and O–H groups in total. The minimum atomic E-state index is -4.57. The summed E-state index contributed by atoms with van der Waals surface area (Å²) in [5.41, 5.74) is 4.88. The first-order valence-corrected chi connectivity index (χ1v) is 13.4. The number of fused-ring (bicyclic) bond motifs is 1. The molecule has 0 aromatic heterocycles. The van der Waals surface area contributed by atoms with Crippen molar-refractivity contribution in [1.29, 1.82) is 0 Å². The number of hydrogen-bond acceptors (Lipinski definition) is 6. The number of anilines is 1. The van der Waals surface area contributed by atoms with Crippen LogP contribution in [0.4, 0.5) is 5.69 Å². The Morgan fingerprint density at radius 1 is 1.03 bits per heavy atom. The third kappa shape index (κ3) is 4.57. The lowest BCUT2D eigenvalue weighted by atomic mass is 9.85. The van der Waals surface area contributed by atoms with Crippen LogP contribution in [0.3, 0.4) is 0 Å². The van der Waals surface area contributed by atoms with Gasteiger partial charge in [0.1, 0.15) is 10.6 Å². The minimum absolute atomic E-state index is 0.0356. The molecule has 1 unspecified atom stereocenters. The van der Waals surface area contributed by atoms with Crippen molar-refractivity contribution >= 4 is 50.7 Å². The molecule has 194 valence electrons. The molecule has 4 rings (SSSR count). The van der Waals surface area contributed by atoms with E-state index in [2.05, 4.69) is 5.32 Å². The standard InChI is InChI=1S/C26H25Cl2N3O5S/c1-25(2,3)30-23(32)15-9-12-22(21(13-15)36-4)37(34,35)31-20-11-10-16(27)14-18(20)26(29,24(31)33)17-7-5-6-8-19(17)28/h5-14H,29H2,1-4H3,(H,30,32). The highest BCUT2D eigenvalue weighted by molar-refractivity contribution is 7.93. The molecule has 1 aliphatic heterocycles. The number of methoxy groups -OCH3 is 1. The number of nitrogens with zero attached hydrogens (tertiary/aromatic N) is 1. The van der Waals surface area contributed by atoms with Gasteiger partial charge in [0.25, 0.3) is 21.8 Å². The highest BCUT2D eigenvalue weighted by Gasteiger charge is 2.55. The zero-order valence-corrected chi connectivity index (χ0v) is 22.8. The van der Waals surface area contributed by atoms with Gasteiger partial charge in [-0.1, -0.05) is 41.4 Å². The van der Waals surface area contributed by atoms with Crippen LogP contribution in [0.2, 0.25) is 10.0 Å². The number of sulfonamides is 1. The maximum absolute atomic E-state index is 14.0. The zero-order chi connectivity index (χ0) is 27.3. The highest BCUT2D eigenvalue weighted by atomic mass is 35.5. The molecule has 8 nitrogen and oxygen atoms in total. The molecule has 0 bridgehead atoms. The van der Waals surface area contributed by atoms with Gasteiger partial charge >= 0.3 is 0 Å². The van der Waals surface area contributed by atoms with E-state index >= 15 is 0 Å². The Morgan fingerprint density at radius 3 is 2.32 bits per heavy atom. The second kappa shape index (κ2) is 9.33. The number of benzene rings is 3. The second-order valence-electron chi connectivity index (χ2n) is 9.59. The number of nitrogens with two attached hydrogens (primary N) is 1. The maximum Gasteiger partial charge on any atom is 0.274 e. The van der Waals surface area contributed by atoms with E-state index in [9.17, 15) is 18.0 Å². The Balaban J connectivity index is 1.88. The fourth-order valence-corrected chi connectivity index (χ4v) is 6.27. The summed E-state index contributed by atoms with van der Waals surface area (Å²) in [5, 5.41) is 3.26. The van der Waals surface area contributed by atoms with Crippen molar-refractivity contribution in [3.63, 3.8) is 0 Å². The first kappa shape index (κ1) is 26.9. The molecule has 2 amide bonds. The predicted molar refractivity (Wildman–Crippen MR) is 143 cm³/mol. The summed E-state index contributed by atoms with van der Waals surface area (Å²) >= 11 is 12.6. The van der Waals surface area contributed by atoms with E-state index in [-0.39, 0.29) is 43.1 Å². The van der Waals surface area contributed by atoms with Gasteiger partial charge < -0.3 is 15.8 Å². The van der Waals surface area contributed by atoms with Crippen LogP contribution in [0, 0.1) is 0 Å². The Bertz CT molecular complexity index is 1540. The van der Waals surface area contributed by atoms with Gasteiger partial charge in [-0.2, -0.15) is 0 Å². The normalized spacial score (nSPS) is 17.5. The molecule has 0 spiro atoms. The lowest BCUT2D eigenvalue weighted by Crippen LogP contribution is -2.49. The van der Waals surface area contributed by atoms with Crippen LogP contribution in [0.5, 0.6) is 5.75 Å². The van der Waals surface area contributed by atoms with E-state index in [1.54, 1.807) is 24.3 Å². The minimum Gasteiger partial charge on any atom is -0.495 e. The molecule has 11 heteroatoms. The number of rotatable bonds is 5. The van der Waals surface area contributed by atoms with Crippen LogP contribution in [0.25, 0.3) is 0 Å². The molecule has 0 aliphatic carbocycles. The summed E-state index contributed by atoms with van der Waals surface area (Å²) in [6.45, 7) is 5.46. The fourth-order valence-electron chi connectivity index (χ4n) is 4.20. The third-order valence-electron chi connectivity index (χ3n) is 5.86. The summed E-state index contributed by atoms with van der Waals surface area (Å²) in [4.78, 5) is 26.2. The zero-order valence-electron chi connectivity index (χ0n) is 20.5. The van der Waals surface area contributed by atoms with Crippen LogP contribution < -0.4 is 20.1 Å². The predicted octanol–water partition coefficient (Wildman–Crippen LogP) is 4.47. The summed E-state index contributed by atoms with van der Waals surface area (Å²) in [7, 11) is -3.29. The first-order chi connectivity index (χ1) is 17.2. The number of carbonyl (C=O) groups excluding carboxylic acids is 2.